The van der Waals surface area contributed by atoms with Crippen molar-refractivity contribution in [1.82, 2.24) is 4.90 Å². The average Bonchev–Trinajstić information content (AvgIpc) is 2.64. The van der Waals surface area contributed by atoms with E-state index in [0.29, 0.717) is 19.8 Å². The van der Waals surface area contributed by atoms with Crippen LogP contribution in [0.1, 0.15) is 32.8 Å². The highest BCUT2D eigenvalue weighted by molar-refractivity contribution is 6.74. The molecule has 1 fully saturated rings. The first kappa shape index (κ1) is 23.8. The van der Waals surface area contributed by atoms with Gasteiger partial charge < -0.3 is 19.0 Å². The number of piperazine rings is 1. The van der Waals surface area contributed by atoms with Gasteiger partial charge in [-0.2, -0.15) is 0 Å². The number of nitrogens with zero attached hydrogens (tertiary/aromatic N) is 3. The Labute approximate surface area is 176 Å². The molecule has 7 nitrogen and oxygen atoms in total. The van der Waals surface area contributed by atoms with Crippen LogP contribution in [0.5, 0.6) is 0 Å². The number of rotatable bonds is 9. The first-order valence-corrected chi connectivity index (χ1v) is 13.3. The number of anilines is 1. The molecule has 1 aliphatic heterocycles. The highest BCUT2D eigenvalue weighted by Crippen LogP contribution is 2.36. The normalized spacial score (nSPS) is 16.3. The van der Waals surface area contributed by atoms with E-state index in [1.807, 2.05) is 6.07 Å². The van der Waals surface area contributed by atoms with Gasteiger partial charge in [0.2, 0.25) is 0 Å². The number of hydrogen-bond donors (Lipinski definition) is 0. The second kappa shape index (κ2) is 10.0. The van der Waals surface area contributed by atoms with Gasteiger partial charge in [0.15, 0.2) is 8.32 Å². The summed E-state index contributed by atoms with van der Waals surface area (Å²) in [4.78, 5) is 15.4. The van der Waals surface area contributed by atoms with E-state index in [9.17, 15) is 10.1 Å². The maximum atomic E-state index is 11.2. The zero-order chi connectivity index (χ0) is 21.7. The van der Waals surface area contributed by atoms with Crippen LogP contribution in [0, 0.1) is 10.1 Å². The lowest BCUT2D eigenvalue weighted by molar-refractivity contribution is -0.384. The third kappa shape index (κ3) is 6.77. The van der Waals surface area contributed by atoms with Crippen molar-refractivity contribution >= 4 is 19.7 Å². The molecule has 29 heavy (non-hydrogen) atoms. The highest BCUT2D eigenvalue weighted by Gasteiger charge is 2.36. The quantitative estimate of drug-likeness (QED) is 0.256. The fourth-order valence-electron chi connectivity index (χ4n) is 3.04. The summed E-state index contributed by atoms with van der Waals surface area (Å²) in [6, 6.07) is 5.10. The van der Waals surface area contributed by atoms with Crippen molar-refractivity contribution in [2.45, 2.75) is 51.9 Å². The molecular weight excluding hydrogens is 386 g/mol. The largest absolute Gasteiger partial charge is 0.417 e. The topological polar surface area (TPSA) is 68.1 Å². The second-order valence-electron chi connectivity index (χ2n) is 9.38. The summed E-state index contributed by atoms with van der Waals surface area (Å²) in [5.74, 6) is 0. The van der Waals surface area contributed by atoms with Crippen LogP contribution in [-0.2, 0) is 15.8 Å². The Bertz CT molecular complexity index is 683. The maximum absolute atomic E-state index is 11.2. The number of benzene rings is 1. The number of ether oxygens (including phenoxy) is 1. The number of hydrogen-bond acceptors (Lipinski definition) is 6. The molecule has 1 aromatic rings. The minimum absolute atomic E-state index is 0.114. The van der Waals surface area contributed by atoms with Crippen LogP contribution in [0.25, 0.3) is 0 Å². The highest BCUT2D eigenvalue weighted by atomic mass is 28.4. The van der Waals surface area contributed by atoms with Crippen LogP contribution in [0.2, 0.25) is 18.1 Å². The molecule has 0 bridgehead atoms. The van der Waals surface area contributed by atoms with Crippen LogP contribution >= 0.6 is 0 Å². The van der Waals surface area contributed by atoms with E-state index in [0.717, 1.165) is 43.9 Å². The summed E-state index contributed by atoms with van der Waals surface area (Å²) in [5.41, 5.74) is 2.04. The average molecular weight is 424 g/mol. The van der Waals surface area contributed by atoms with E-state index in [4.69, 9.17) is 9.16 Å². The number of nitro groups is 1. The smallest absolute Gasteiger partial charge is 0.269 e. The fourth-order valence-corrected chi connectivity index (χ4v) is 4.13. The molecule has 0 spiro atoms. The Hall–Kier alpha value is -1.48. The summed E-state index contributed by atoms with van der Waals surface area (Å²) in [6.07, 6.45) is 0.825. The van der Waals surface area contributed by atoms with Gasteiger partial charge in [-0.05, 0) is 37.7 Å². The van der Waals surface area contributed by atoms with Gasteiger partial charge in [-0.15, -0.1) is 0 Å². The van der Waals surface area contributed by atoms with Gasteiger partial charge in [0.25, 0.3) is 5.69 Å². The molecule has 2 rings (SSSR count). The second-order valence-corrected chi connectivity index (χ2v) is 14.2. The van der Waals surface area contributed by atoms with Gasteiger partial charge >= 0.3 is 0 Å². The maximum Gasteiger partial charge on any atom is 0.269 e. The lowest BCUT2D eigenvalue weighted by Gasteiger charge is -2.36. The molecule has 0 N–H and O–H groups in total. The molecule has 1 saturated heterocycles. The molecule has 0 radical (unpaired) electrons. The predicted octanol–water partition coefficient (Wildman–Crippen LogP) is 4.28. The first-order chi connectivity index (χ1) is 13.5. The standard InChI is InChI=1S/C21H37N3O4Si/c1-21(2,3)29(5,6)28-15-7-14-27-17-18-16-19(24(25)26)8-9-20(18)23-12-10-22(4)11-13-23/h8-9,16H,7,10-15,17H2,1-6H3. The van der Waals surface area contributed by atoms with E-state index < -0.39 is 8.32 Å². The van der Waals surface area contributed by atoms with Gasteiger partial charge in [-0.25, -0.2) is 0 Å². The summed E-state index contributed by atoms with van der Waals surface area (Å²) in [5, 5.41) is 11.4. The Morgan fingerprint density at radius 3 is 2.38 bits per heavy atom. The van der Waals surface area contributed by atoms with Gasteiger partial charge in [0, 0.05) is 62.8 Å². The molecule has 0 saturated carbocycles. The number of likely N-dealkylation sites (N-methyl/N-ethyl adjacent to an activating group) is 1. The lowest BCUT2D eigenvalue weighted by atomic mass is 10.1. The van der Waals surface area contributed by atoms with E-state index in [1.54, 1.807) is 12.1 Å². The number of nitro benzene ring substituents is 1. The molecule has 0 aliphatic carbocycles. The van der Waals surface area contributed by atoms with Crippen molar-refractivity contribution in [3.63, 3.8) is 0 Å². The van der Waals surface area contributed by atoms with Crippen molar-refractivity contribution in [1.29, 1.82) is 0 Å². The molecule has 0 unspecified atom stereocenters. The molecule has 1 heterocycles. The number of non-ortho nitro benzene ring substituents is 1. The van der Waals surface area contributed by atoms with Crippen LogP contribution in [0.3, 0.4) is 0 Å². The van der Waals surface area contributed by atoms with Crippen LogP contribution in [0.15, 0.2) is 18.2 Å². The SMILES string of the molecule is CN1CCN(c2ccc([N+](=O)[O-])cc2COCCCO[Si](C)(C)C(C)(C)C)CC1. The summed E-state index contributed by atoms with van der Waals surface area (Å²) >= 11 is 0. The molecular formula is C21H37N3O4Si. The van der Waals surface area contributed by atoms with Gasteiger partial charge in [0.1, 0.15) is 0 Å². The van der Waals surface area contributed by atoms with Crippen LogP contribution in [0.4, 0.5) is 11.4 Å². The minimum atomic E-state index is -1.73. The van der Waals surface area contributed by atoms with Gasteiger partial charge in [0.05, 0.1) is 11.5 Å². The fraction of sp³-hybridized carbons (Fsp3) is 0.714. The third-order valence-corrected chi connectivity index (χ3v) is 10.6. The molecule has 1 aromatic carbocycles. The Morgan fingerprint density at radius 2 is 1.79 bits per heavy atom. The molecule has 0 aromatic heterocycles. The molecule has 0 atom stereocenters. The summed E-state index contributed by atoms with van der Waals surface area (Å²) < 4.78 is 12.1. The van der Waals surface area contributed by atoms with Crippen LogP contribution in [-0.4, -0.2) is 64.6 Å². The zero-order valence-corrected chi connectivity index (χ0v) is 19.9. The van der Waals surface area contributed by atoms with Crippen molar-refractivity contribution in [2.24, 2.45) is 0 Å². The van der Waals surface area contributed by atoms with Crippen molar-refractivity contribution < 1.29 is 14.1 Å². The third-order valence-electron chi connectivity index (χ3n) is 6.08. The first-order valence-electron chi connectivity index (χ1n) is 10.4. The van der Waals surface area contributed by atoms with E-state index in [1.165, 1.54) is 0 Å². The Kier molecular flexibility index (Phi) is 8.22. The van der Waals surface area contributed by atoms with Gasteiger partial charge in [-0.1, -0.05) is 20.8 Å². The molecule has 164 valence electrons. The van der Waals surface area contributed by atoms with E-state index >= 15 is 0 Å². The Balaban J connectivity index is 1.91. The molecule has 8 heteroatoms. The Morgan fingerprint density at radius 1 is 1.14 bits per heavy atom. The van der Waals surface area contributed by atoms with Crippen molar-refractivity contribution in [2.75, 3.05) is 51.3 Å². The van der Waals surface area contributed by atoms with E-state index in [-0.39, 0.29) is 15.6 Å². The monoisotopic (exact) mass is 423 g/mol. The van der Waals surface area contributed by atoms with Gasteiger partial charge in [-0.3, -0.25) is 10.1 Å². The summed E-state index contributed by atoms with van der Waals surface area (Å²) in [7, 11) is 0.387. The minimum Gasteiger partial charge on any atom is -0.417 e. The van der Waals surface area contributed by atoms with Crippen molar-refractivity contribution in [3.05, 3.63) is 33.9 Å². The summed E-state index contributed by atoms with van der Waals surface area (Å²) in [6.45, 7) is 16.7. The molecule has 0 amide bonds. The van der Waals surface area contributed by atoms with E-state index in [2.05, 4.69) is 50.7 Å². The predicted molar refractivity (Wildman–Crippen MR) is 120 cm³/mol. The van der Waals surface area contributed by atoms with Crippen molar-refractivity contribution in [3.8, 4) is 0 Å². The lowest BCUT2D eigenvalue weighted by Crippen LogP contribution is -2.44. The molecule has 1 aliphatic rings. The van der Waals surface area contributed by atoms with Crippen LogP contribution < -0.4 is 4.90 Å². The zero-order valence-electron chi connectivity index (χ0n) is 18.9.